The van der Waals surface area contributed by atoms with E-state index in [-0.39, 0.29) is 17.3 Å². The molecule has 2 aromatic rings. The van der Waals surface area contributed by atoms with Gasteiger partial charge in [-0.05, 0) is 36.2 Å². The zero-order valence-corrected chi connectivity index (χ0v) is 10.4. The number of phenolic OH excluding ortho intramolecular Hbond substituents is 1. The van der Waals surface area contributed by atoms with Crippen molar-refractivity contribution >= 4 is 9.84 Å². The molecule has 0 atom stereocenters. The fraction of sp³-hybridized carbons (Fsp3) is 0.250. The Morgan fingerprint density at radius 2 is 1.94 bits per heavy atom. The van der Waals surface area contributed by atoms with Gasteiger partial charge < -0.3 is 5.11 Å². The normalized spacial score (nSPS) is 17.3. The zero-order valence-electron chi connectivity index (χ0n) is 9.57. The van der Waals surface area contributed by atoms with Crippen LogP contribution in [0.4, 0.5) is 0 Å². The number of phenols is 1. The highest BCUT2D eigenvalue weighted by Crippen LogP contribution is 2.24. The van der Waals surface area contributed by atoms with Gasteiger partial charge in [0.25, 0.3) is 0 Å². The van der Waals surface area contributed by atoms with Crippen LogP contribution in [-0.4, -0.2) is 29.1 Å². The van der Waals surface area contributed by atoms with Crippen LogP contribution in [0.3, 0.4) is 0 Å². The maximum absolute atomic E-state index is 11.7. The number of hydrogen-bond acceptors (Lipinski definition) is 4. The summed E-state index contributed by atoms with van der Waals surface area (Å²) in [5, 5.41) is 13.5. The first-order valence-electron chi connectivity index (χ1n) is 5.61. The van der Waals surface area contributed by atoms with E-state index in [9.17, 15) is 13.5 Å². The molecule has 18 heavy (non-hydrogen) atoms. The first-order chi connectivity index (χ1) is 8.55. The maximum atomic E-state index is 11.7. The van der Waals surface area contributed by atoms with E-state index >= 15 is 0 Å². The number of aromatic hydroxyl groups is 1. The molecule has 5 nitrogen and oxygen atoms in total. The molecule has 94 valence electrons. The minimum absolute atomic E-state index is 0.0310. The maximum Gasteiger partial charge on any atom is 0.156 e. The molecule has 0 amide bonds. The number of aromatic nitrogens is 2. The summed E-state index contributed by atoms with van der Waals surface area (Å²) in [6.45, 7) is 0. The first-order valence-corrected chi connectivity index (χ1v) is 7.43. The largest absolute Gasteiger partial charge is 0.508 e. The van der Waals surface area contributed by atoms with Gasteiger partial charge in [-0.2, -0.15) is 5.10 Å². The fourth-order valence-corrected chi connectivity index (χ4v) is 3.53. The standard InChI is InChI=1S/C12H12N2O3S/c15-11-3-1-10(2-4-11)14-12-8-18(16,17)6-5-9(12)7-13-14/h1-4,7,15H,5-6,8H2. The van der Waals surface area contributed by atoms with Crippen LogP contribution in [0.1, 0.15) is 11.3 Å². The Hall–Kier alpha value is -1.82. The van der Waals surface area contributed by atoms with Crippen molar-refractivity contribution in [3.8, 4) is 11.4 Å². The molecule has 0 aliphatic carbocycles. The fourth-order valence-electron chi connectivity index (χ4n) is 2.13. The molecular weight excluding hydrogens is 252 g/mol. The summed E-state index contributed by atoms with van der Waals surface area (Å²) in [5.41, 5.74) is 2.47. The SMILES string of the molecule is O=S1(=O)CCc2cnn(-c3ccc(O)cc3)c2C1. The number of sulfone groups is 1. The molecule has 0 saturated carbocycles. The smallest absolute Gasteiger partial charge is 0.156 e. The lowest BCUT2D eigenvalue weighted by Gasteiger charge is -2.14. The van der Waals surface area contributed by atoms with Gasteiger partial charge in [-0.3, -0.25) is 0 Å². The van der Waals surface area contributed by atoms with Crippen LogP contribution in [-0.2, 0) is 22.0 Å². The van der Waals surface area contributed by atoms with E-state index in [1.54, 1.807) is 35.1 Å². The molecule has 1 aliphatic rings. The van der Waals surface area contributed by atoms with Crippen molar-refractivity contribution in [1.82, 2.24) is 9.78 Å². The quantitative estimate of drug-likeness (QED) is 0.835. The summed E-state index contributed by atoms with van der Waals surface area (Å²) in [7, 11) is -3.01. The second-order valence-corrected chi connectivity index (χ2v) is 6.57. The van der Waals surface area contributed by atoms with Crippen LogP contribution >= 0.6 is 0 Å². The Kier molecular flexibility index (Phi) is 2.41. The molecule has 1 aromatic carbocycles. The predicted octanol–water partition coefficient (Wildman–Crippen LogP) is 1.05. The van der Waals surface area contributed by atoms with Gasteiger partial charge in [-0.15, -0.1) is 0 Å². The van der Waals surface area contributed by atoms with E-state index in [1.165, 1.54) is 0 Å². The predicted molar refractivity (Wildman–Crippen MR) is 66.4 cm³/mol. The van der Waals surface area contributed by atoms with Crippen LogP contribution in [0, 0.1) is 0 Å². The highest BCUT2D eigenvalue weighted by Gasteiger charge is 2.25. The number of hydrogen-bond donors (Lipinski definition) is 1. The van der Waals surface area contributed by atoms with Crippen molar-refractivity contribution in [2.24, 2.45) is 0 Å². The van der Waals surface area contributed by atoms with E-state index in [0.717, 1.165) is 16.9 Å². The van der Waals surface area contributed by atoms with E-state index < -0.39 is 9.84 Å². The molecule has 0 bridgehead atoms. The van der Waals surface area contributed by atoms with E-state index in [4.69, 9.17) is 0 Å². The summed E-state index contributed by atoms with van der Waals surface area (Å²) in [5.74, 6) is 0.400. The summed E-state index contributed by atoms with van der Waals surface area (Å²) in [6, 6.07) is 6.54. The molecule has 1 aliphatic heterocycles. The Bertz CT molecular complexity index is 687. The third-order valence-electron chi connectivity index (χ3n) is 3.09. The first kappa shape index (κ1) is 11.3. The van der Waals surface area contributed by atoms with Crippen molar-refractivity contribution in [3.05, 3.63) is 41.7 Å². The van der Waals surface area contributed by atoms with Crippen LogP contribution < -0.4 is 0 Å². The number of aryl methyl sites for hydroxylation is 1. The topological polar surface area (TPSA) is 72.2 Å². The average Bonchev–Trinajstić information content (AvgIpc) is 2.71. The van der Waals surface area contributed by atoms with Crippen molar-refractivity contribution in [3.63, 3.8) is 0 Å². The number of rotatable bonds is 1. The number of nitrogens with zero attached hydrogens (tertiary/aromatic N) is 2. The van der Waals surface area contributed by atoms with Gasteiger partial charge in [0.2, 0.25) is 0 Å². The van der Waals surface area contributed by atoms with E-state index in [0.29, 0.717) is 6.42 Å². The van der Waals surface area contributed by atoms with Gasteiger partial charge in [0.15, 0.2) is 9.84 Å². The van der Waals surface area contributed by atoms with E-state index in [2.05, 4.69) is 5.10 Å². The molecule has 0 saturated heterocycles. The monoisotopic (exact) mass is 264 g/mol. The summed E-state index contributed by atoms with van der Waals surface area (Å²) >= 11 is 0. The minimum Gasteiger partial charge on any atom is -0.508 e. The van der Waals surface area contributed by atoms with Crippen molar-refractivity contribution < 1.29 is 13.5 Å². The lowest BCUT2D eigenvalue weighted by Crippen LogP contribution is -2.20. The summed E-state index contributed by atoms with van der Waals surface area (Å²) in [6.07, 6.45) is 2.24. The zero-order chi connectivity index (χ0) is 12.8. The van der Waals surface area contributed by atoms with Crippen LogP contribution in [0.5, 0.6) is 5.75 Å². The van der Waals surface area contributed by atoms with Crippen molar-refractivity contribution in [2.75, 3.05) is 5.75 Å². The molecule has 0 spiro atoms. The molecule has 0 fully saturated rings. The summed E-state index contributed by atoms with van der Waals surface area (Å²) < 4.78 is 25.0. The van der Waals surface area contributed by atoms with Gasteiger partial charge in [-0.1, -0.05) is 0 Å². The Morgan fingerprint density at radius 3 is 2.67 bits per heavy atom. The van der Waals surface area contributed by atoms with Gasteiger partial charge in [0, 0.05) is 0 Å². The molecular formula is C12H12N2O3S. The number of benzene rings is 1. The van der Waals surface area contributed by atoms with Gasteiger partial charge in [0.1, 0.15) is 5.75 Å². The lowest BCUT2D eigenvalue weighted by molar-refractivity contribution is 0.475. The Labute approximate surface area is 105 Å². The Balaban J connectivity index is 2.10. The lowest BCUT2D eigenvalue weighted by atomic mass is 10.2. The second kappa shape index (κ2) is 3.84. The highest BCUT2D eigenvalue weighted by molar-refractivity contribution is 7.90. The number of fused-ring (bicyclic) bond motifs is 1. The molecule has 3 rings (SSSR count). The molecule has 2 heterocycles. The second-order valence-electron chi connectivity index (χ2n) is 4.39. The highest BCUT2D eigenvalue weighted by atomic mass is 32.2. The van der Waals surface area contributed by atoms with Crippen molar-refractivity contribution in [2.45, 2.75) is 12.2 Å². The molecule has 0 unspecified atom stereocenters. The van der Waals surface area contributed by atoms with Gasteiger partial charge in [0.05, 0.1) is 29.1 Å². The molecule has 1 N–H and O–H groups in total. The van der Waals surface area contributed by atoms with Gasteiger partial charge >= 0.3 is 0 Å². The van der Waals surface area contributed by atoms with Crippen LogP contribution in [0.15, 0.2) is 30.5 Å². The average molecular weight is 264 g/mol. The van der Waals surface area contributed by atoms with E-state index in [1.807, 2.05) is 0 Å². The van der Waals surface area contributed by atoms with Crippen LogP contribution in [0.25, 0.3) is 5.69 Å². The molecule has 0 radical (unpaired) electrons. The van der Waals surface area contributed by atoms with Crippen LogP contribution in [0.2, 0.25) is 0 Å². The van der Waals surface area contributed by atoms with Gasteiger partial charge in [-0.25, -0.2) is 13.1 Å². The van der Waals surface area contributed by atoms with Crippen molar-refractivity contribution in [1.29, 1.82) is 0 Å². The molecule has 6 heteroatoms. The third-order valence-corrected chi connectivity index (χ3v) is 4.63. The Morgan fingerprint density at radius 1 is 1.22 bits per heavy atom. The third kappa shape index (κ3) is 1.88. The summed E-state index contributed by atoms with van der Waals surface area (Å²) in [4.78, 5) is 0. The molecule has 1 aromatic heterocycles. The minimum atomic E-state index is -3.01.